The lowest BCUT2D eigenvalue weighted by Gasteiger charge is -2.31. The number of rotatable bonds is 19. The number of amides is 6. The molecule has 0 saturated carbocycles. The molecule has 0 spiro atoms. The molecule has 2 aromatic rings. The van der Waals surface area contributed by atoms with Gasteiger partial charge in [0, 0.05) is 19.4 Å². The third kappa shape index (κ3) is 13.2. The summed E-state index contributed by atoms with van der Waals surface area (Å²) < 4.78 is 0. The van der Waals surface area contributed by atoms with Gasteiger partial charge in [0.2, 0.25) is 35.4 Å². The Balaban J connectivity index is 1.69. The van der Waals surface area contributed by atoms with Gasteiger partial charge in [-0.05, 0) is 68.2 Å². The monoisotopic (exact) mass is 737 g/mol. The van der Waals surface area contributed by atoms with Gasteiger partial charge in [-0.3, -0.25) is 28.8 Å². The molecule has 1 heterocycles. The molecule has 0 radical (unpaired) electrons. The summed E-state index contributed by atoms with van der Waals surface area (Å²) >= 11 is 0. The summed E-state index contributed by atoms with van der Waals surface area (Å²) in [4.78, 5) is 92.0. The van der Waals surface area contributed by atoms with Crippen LogP contribution in [0.25, 0.3) is 0 Å². The molecular weight excluding hydrogens is 686 g/mol. The minimum Gasteiger partial charge on any atom is -0.508 e. The highest BCUT2D eigenvalue weighted by Gasteiger charge is 2.40. The van der Waals surface area contributed by atoms with Crippen LogP contribution >= 0.6 is 0 Å². The second kappa shape index (κ2) is 19.9. The molecule has 1 aliphatic heterocycles. The SMILES string of the molecule is CC(C)C[C@H](NC(=O)[C@H](C)NC(=O)[C@@H](N)Cc1ccccc1)C(=O)N1CCC[C@H]1C(=O)N[C@@H](CCC(N)=O)C(=O)N[C@@H](Cc1ccc(O)cc1)C(=O)O. The smallest absolute Gasteiger partial charge is 0.326 e. The molecule has 53 heavy (non-hydrogen) atoms. The van der Waals surface area contributed by atoms with Crippen LogP contribution in [0.1, 0.15) is 64.0 Å². The number of phenolic OH excluding ortho intramolecular Hbond substituents is 1. The number of primary amides is 1. The van der Waals surface area contributed by atoms with Crippen molar-refractivity contribution in [2.45, 2.75) is 102 Å². The number of carbonyl (C=O) groups is 7. The summed E-state index contributed by atoms with van der Waals surface area (Å²) in [5.41, 5.74) is 12.8. The number of aromatic hydroxyl groups is 1. The van der Waals surface area contributed by atoms with Gasteiger partial charge in [0.1, 0.15) is 36.0 Å². The number of nitrogens with one attached hydrogen (secondary N) is 4. The molecule has 10 N–H and O–H groups in total. The number of benzene rings is 2. The number of carboxylic acid groups (broad SMARTS) is 1. The molecule has 288 valence electrons. The van der Waals surface area contributed by atoms with Crippen molar-refractivity contribution in [3.63, 3.8) is 0 Å². The Bertz CT molecular complexity index is 1600. The summed E-state index contributed by atoms with van der Waals surface area (Å²) in [6.45, 7) is 5.39. The number of nitrogens with zero attached hydrogens (tertiary/aromatic N) is 1. The molecule has 3 rings (SSSR count). The van der Waals surface area contributed by atoms with E-state index in [2.05, 4.69) is 21.3 Å². The highest BCUT2D eigenvalue weighted by atomic mass is 16.4. The molecule has 0 unspecified atom stereocenters. The Morgan fingerprint density at radius 1 is 0.792 bits per heavy atom. The van der Waals surface area contributed by atoms with Crippen LogP contribution in [-0.2, 0) is 46.4 Å². The van der Waals surface area contributed by atoms with Crippen LogP contribution in [0.5, 0.6) is 5.75 Å². The Morgan fingerprint density at radius 2 is 1.42 bits per heavy atom. The Labute approximate surface area is 308 Å². The van der Waals surface area contributed by atoms with Crippen LogP contribution in [-0.4, -0.2) is 99.3 Å². The molecule has 0 aromatic heterocycles. The second-order valence-corrected chi connectivity index (χ2v) is 13.7. The Kier molecular flexibility index (Phi) is 15.8. The lowest BCUT2D eigenvalue weighted by molar-refractivity contribution is -0.144. The van der Waals surface area contributed by atoms with Gasteiger partial charge in [-0.15, -0.1) is 0 Å². The van der Waals surface area contributed by atoms with Crippen molar-refractivity contribution < 1.29 is 43.8 Å². The topological polar surface area (TPSA) is 263 Å². The first-order chi connectivity index (χ1) is 25.0. The number of carbonyl (C=O) groups excluding carboxylic acids is 6. The standard InChI is InChI=1S/C37H51N7O9/c1-21(2)18-28(42-32(47)22(3)40-33(48)26(38)19-23-8-5-4-6-9-23)36(51)44-17-7-10-30(44)35(50)41-27(15-16-31(39)46)34(49)43-29(37(52)53)20-24-11-13-25(45)14-12-24/h4-6,8-9,11-14,21-22,26-30,45H,7,10,15-20,38H2,1-3H3,(H2,39,46)(H,40,48)(H,41,50)(H,42,47)(H,43,49)(H,52,53)/t22-,26-,27-,28-,29-,30-/m0/s1. The highest BCUT2D eigenvalue weighted by molar-refractivity contribution is 5.96. The van der Waals surface area contributed by atoms with E-state index in [4.69, 9.17) is 11.5 Å². The fraction of sp³-hybridized carbons (Fsp3) is 0.486. The molecule has 16 nitrogen and oxygen atoms in total. The normalized spacial score (nSPS) is 16.8. The summed E-state index contributed by atoms with van der Waals surface area (Å²) in [5.74, 6) is -5.41. The van der Waals surface area contributed by atoms with E-state index >= 15 is 0 Å². The number of likely N-dealkylation sites (tertiary alicyclic amines) is 1. The van der Waals surface area contributed by atoms with Crippen LogP contribution < -0.4 is 32.7 Å². The maximum absolute atomic E-state index is 13.9. The number of nitrogens with two attached hydrogens (primary N) is 2. The van der Waals surface area contributed by atoms with Crippen molar-refractivity contribution in [1.82, 2.24) is 26.2 Å². The van der Waals surface area contributed by atoms with Crippen LogP contribution in [0.15, 0.2) is 54.6 Å². The molecule has 6 atom stereocenters. The van der Waals surface area contributed by atoms with E-state index in [1.807, 2.05) is 44.2 Å². The van der Waals surface area contributed by atoms with Gasteiger partial charge in [0.25, 0.3) is 0 Å². The zero-order valence-corrected chi connectivity index (χ0v) is 30.2. The van der Waals surface area contributed by atoms with Crippen molar-refractivity contribution in [1.29, 1.82) is 0 Å². The largest absolute Gasteiger partial charge is 0.508 e. The zero-order valence-electron chi connectivity index (χ0n) is 30.2. The van der Waals surface area contributed by atoms with Gasteiger partial charge < -0.3 is 47.8 Å². The van der Waals surface area contributed by atoms with Gasteiger partial charge in [0.15, 0.2) is 0 Å². The van der Waals surface area contributed by atoms with Crippen molar-refractivity contribution in [2.24, 2.45) is 17.4 Å². The van der Waals surface area contributed by atoms with E-state index in [1.165, 1.54) is 36.1 Å². The number of hydrogen-bond donors (Lipinski definition) is 8. The van der Waals surface area contributed by atoms with E-state index < -0.39 is 77.7 Å². The second-order valence-electron chi connectivity index (χ2n) is 13.7. The van der Waals surface area contributed by atoms with Crippen molar-refractivity contribution in [2.75, 3.05) is 6.54 Å². The lowest BCUT2D eigenvalue weighted by Crippen LogP contribution is -2.59. The molecule has 1 aliphatic rings. The molecule has 1 fully saturated rings. The first-order valence-corrected chi connectivity index (χ1v) is 17.7. The van der Waals surface area contributed by atoms with Gasteiger partial charge in [0.05, 0.1) is 6.04 Å². The van der Waals surface area contributed by atoms with E-state index in [9.17, 15) is 43.8 Å². The average molecular weight is 738 g/mol. The summed E-state index contributed by atoms with van der Waals surface area (Å²) in [6.07, 6.45) is 0.524. The van der Waals surface area contributed by atoms with Crippen LogP contribution in [0, 0.1) is 5.92 Å². The summed E-state index contributed by atoms with van der Waals surface area (Å²) in [7, 11) is 0. The van der Waals surface area contributed by atoms with Crippen LogP contribution in [0.3, 0.4) is 0 Å². The van der Waals surface area contributed by atoms with Gasteiger partial charge in [-0.2, -0.15) is 0 Å². The predicted molar refractivity (Wildman–Crippen MR) is 194 cm³/mol. The molecular formula is C37H51N7O9. The number of carboxylic acids is 1. The average Bonchev–Trinajstić information content (AvgIpc) is 3.60. The third-order valence-corrected chi connectivity index (χ3v) is 8.85. The Hall–Kier alpha value is -5.51. The van der Waals surface area contributed by atoms with Crippen LogP contribution in [0.2, 0.25) is 0 Å². The van der Waals surface area contributed by atoms with Crippen molar-refractivity contribution >= 4 is 41.4 Å². The fourth-order valence-corrected chi connectivity index (χ4v) is 6.00. The first-order valence-electron chi connectivity index (χ1n) is 17.7. The number of hydrogen-bond acceptors (Lipinski definition) is 9. The van der Waals surface area contributed by atoms with E-state index in [1.54, 1.807) is 0 Å². The predicted octanol–water partition coefficient (Wildman–Crippen LogP) is -0.149. The van der Waals surface area contributed by atoms with Crippen LogP contribution in [0.4, 0.5) is 0 Å². The summed E-state index contributed by atoms with van der Waals surface area (Å²) in [5, 5.41) is 29.6. The number of aliphatic carboxylic acids is 1. The summed E-state index contributed by atoms with van der Waals surface area (Å²) in [6, 6.07) is 8.15. The van der Waals surface area contributed by atoms with Gasteiger partial charge in [-0.1, -0.05) is 56.3 Å². The van der Waals surface area contributed by atoms with E-state index in [0.29, 0.717) is 12.0 Å². The van der Waals surface area contributed by atoms with Gasteiger partial charge >= 0.3 is 5.97 Å². The highest BCUT2D eigenvalue weighted by Crippen LogP contribution is 2.21. The lowest BCUT2D eigenvalue weighted by atomic mass is 10.0. The fourth-order valence-electron chi connectivity index (χ4n) is 6.00. The van der Waals surface area contributed by atoms with Gasteiger partial charge in [-0.25, -0.2) is 4.79 Å². The maximum Gasteiger partial charge on any atom is 0.326 e. The van der Waals surface area contributed by atoms with Crippen molar-refractivity contribution in [3.05, 3.63) is 65.7 Å². The molecule has 0 bridgehead atoms. The third-order valence-electron chi connectivity index (χ3n) is 8.85. The molecule has 16 heteroatoms. The van der Waals surface area contributed by atoms with E-state index in [-0.39, 0.29) is 56.7 Å². The molecule has 1 saturated heterocycles. The molecule has 2 aromatic carbocycles. The van der Waals surface area contributed by atoms with E-state index in [0.717, 1.165) is 5.56 Å². The first kappa shape index (κ1) is 41.9. The minimum absolute atomic E-state index is 0.0188. The quantitative estimate of drug-likeness (QED) is 0.0945. The number of phenols is 1. The molecule has 0 aliphatic carbocycles. The Morgan fingerprint density at radius 3 is 2.02 bits per heavy atom. The minimum atomic E-state index is -1.41. The zero-order chi connectivity index (χ0) is 39.2. The van der Waals surface area contributed by atoms with Crippen molar-refractivity contribution in [3.8, 4) is 5.75 Å². The molecule has 6 amide bonds. The maximum atomic E-state index is 13.9.